The van der Waals surface area contributed by atoms with Gasteiger partial charge in [-0.25, -0.2) is 4.68 Å². The standard InChI is InChI=1S/C31H28ClN7O2/c1-2-21-11-12-28-24(15-21)16-26(31(40)34-28)29(30-35-36-37-39(30)20-25-9-6-14-41-25)38(18-22-7-5-13-33-17-22)19-23-8-3-4-10-27(23)32/h3-17,29H,2,18-20H2,1H3,(H,34,40)/t29-/m0/s1. The number of tetrazole rings is 1. The Hall–Kier alpha value is -4.60. The molecule has 9 nitrogen and oxygen atoms in total. The van der Waals surface area contributed by atoms with Crippen LogP contribution in [-0.2, 0) is 26.1 Å². The summed E-state index contributed by atoms with van der Waals surface area (Å²) in [5.74, 6) is 1.20. The number of aromatic amines is 1. The second-order valence-corrected chi connectivity index (χ2v) is 10.3. The third kappa shape index (κ3) is 5.82. The van der Waals surface area contributed by atoms with Crippen LogP contribution in [0.2, 0.25) is 5.02 Å². The van der Waals surface area contributed by atoms with E-state index in [1.165, 1.54) is 5.56 Å². The first kappa shape index (κ1) is 26.6. The summed E-state index contributed by atoms with van der Waals surface area (Å²) in [7, 11) is 0. The average Bonchev–Trinajstić information content (AvgIpc) is 3.68. The van der Waals surface area contributed by atoms with Gasteiger partial charge < -0.3 is 9.40 Å². The molecule has 0 spiro atoms. The number of rotatable bonds is 10. The summed E-state index contributed by atoms with van der Waals surface area (Å²) in [6.07, 6.45) is 6.06. The Morgan fingerprint density at radius 3 is 2.71 bits per heavy atom. The van der Waals surface area contributed by atoms with Gasteiger partial charge in [0.25, 0.3) is 5.56 Å². The van der Waals surface area contributed by atoms with Crippen LogP contribution in [0.1, 0.15) is 46.8 Å². The number of furan rings is 1. The maximum absolute atomic E-state index is 13.8. The van der Waals surface area contributed by atoms with E-state index in [2.05, 4.69) is 43.4 Å². The highest BCUT2D eigenvalue weighted by Gasteiger charge is 2.31. The Morgan fingerprint density at radius 1 is 1.02 bits per heavy atom. The third-order valence-electron chi connectivity index (χ3n) is 7.13. The molecule has 4 aromatic heterocycles. The summed E-state index contributed by atoms with van der Waals surface area (Å²) in [6.45, 7) is 3.31. The topological polar surface area (TPSA) is 106 Å². The highest BCUT2D eigenvalue weighted by atomic mass is 35.5. The van der Waals surface area contributed by atoms with Crippen LogP contribution in [0.5, 0.6) is 0 Å². The molecule has 206 valence electrons. The van der Waals surface area contributed by atoms with Crippen molar-refractivity contribution in [2.45, 2.75) is 39.0 Å². The van der Waals surface area contributed by atoms with Gasteiger partial charge in [0, 0.05) is 41.6 Å². The Kier molecular flexibility index (Phi) is 7.71. The van der Waals surface area contributed by atoms with Crippen LogP contribution in [-0.4, -0.2) is 35.1 Å². The Balaban J connectivity index is 1.54. The largest absolute Gasteiger partial charge is 0.467 e. The number of benzene rings is 2. The van der Waals surface area contributed by atoms with Gasteiger partial charge in [-0.05, 0) is 81.4 Å². The van der Waals surface area contributed by atoms with Crippen molar-refractivity contribution in [1.82, 2.24) is 35.1 Å². The first-order chi connectivity index (χ1) is 20.1. The van der Waals surface area contributed by atoms with Crippen LogP contribution >= 0.6 is 11.6 Å². The molecule has 4 heterocycles. The van der Waals surface area contributed by atoms with E-state index in [9.17, 15) is 4.79 Å². The van der Waals surface area contributed by atoms with Gasteiger partial charge in [0.2, 0.25) is 0 Å². The molecule has 0 saturated carbocycles. The fourth-order valence-electron chi connectivity index (χ4n) is 5.08. The summed E-state index contributed by atoms with van der Waals surface area (Å²) < 4.78 is 7.28. The molecule has 41 heavy (non-hydrogen) atoms. The Morgan fingerprint density at radius 2 is 1.93 bits per heavy atom. The van der Waals surface area contributed by atoms with Crippen molar-refractivity contribution in [2.75, 3.05) is 0 Å². The molecule has 0 aliphatic carbocycles. The lowest BCUT2D eigenvalue weighted by Gasteiger charge is -2.31. The average molecular weight is 566 g/mol. The Bertz CT molecular complexity index is 1820. The number of pyridine rings is 2. The van der Waals surface area contributed by atoms with E-state index in [4.69, 9.17) is 16.0 Å². The number of halogens is 1. The van der Waals surface area contributed by atoms with Gasteiger partial charge in [-0.3, -0.25) is 14.7 Å². The van der Waals surface area contributed by atoms with E-state index < -0.39 is 6.04 Å². The van der Waals surface area contributed by atoms with Crippen LogP contribution in [0.25, 0.3) is 10.9 Å². The normalized spacial score (nSPS) is 12.3. The van der Waals surface area contributed by atoms with Crippen molar-refractivity contribution in [3.05, 3.63) is 141 Å². The van der Waals surface area contributed by atoms with Crippen molar-refractivity contribution in [3.8, 4) is 0 Å². The number of hydrogen-bond donors (Lipinski definition) is 1. The second kappa shape index (κ2) is 11.9. The van der Waals surface area contributed by atoms with E-state index in [1.807, 2.05) is 72.9 Å². The molecule has 0 amide bonds. The highest BCUT2D eigenvalue weighted by Crippen LogP contribution is 2.31. The van der Waals surface area contributed by atoms with Crippen molar-refractivity contribution in [1.29, 1.82) is 0 Å². The highest BCUT2D eigenvalue weighted by molar-refractivity contribution is 6.31. The van der Waals surface area contributed by atoms with E-state index in [-0.39, 0.29) is 5.56 Å². The number of aryl methyl sites for hydroxylation is 1. The SMILES string of the molecule is CCc1ccc2[nH]c(=O)c([C@@H](c3nnnn3Cc3ccco3)N(Cc3cccnc3)Cc3ccccc3Cl)cc2c1. The minimum atomic E-state index is -0.630. The maximum atomic E-state index is 13.8. The van der Waals surface area contributed by atoms with Crippen LogP contribution in [0.3, 0.4) is 0 Å². The number of nitrogens with one attached hydrogen (secondary N) is 1. The van der Waals surface area contributed by atoms with E-state index >= 15 is 0 Å². The van der Waals surface area contributed by atoms with E-state index in [0.29, 0.717) is 41.8 Å². The number of hydrogen-bond acceptors (Lipinski definition) is 7. The predicted molar refractivity (Wildman–Crippen MR) is 156 cm³/mol. The molecule has 0 saturated heterocycles. The zero-order valence-corrected chi connectivity index (χ0v) is 23.2. The fraction of sp³-hybridized carbons (Fsp3) is 0.194. The minimum absolute atomic E-state index is 0.213. The number of fused-ring (bicyclic) bond motifs is 1. The summed E-state index contributed by atoms with van der Waals surface area (Å²) in [6, 6.07) is 22.7. The molecule has 1 atom stereocenters. The molecule has 0 radical (unpaired) electrons. The first-order valence-corrected chi connectivity index (χ1v) is 13.8. The van der Waals surface area contributed by atoms with E-state index in [0.717, 1.165) is 28.5 Å². The van der Waals surface area contributed by atoms with E-state index in [1.54, 1.807) is 17.1 Å². The van der Waals surface area contributed by atoms with Crippen LogP contribution in [0.4, 0.5) is 0 Å². The lowest BCUT2D eigenvalue weighted by Crippen LogP contribution is -2.35. The number of aromatic nitrogens is 6. The zero-order valence-electron chi connectivity index (χ0n) is 22.4. The third-order valence-corrected chi connectivity index (χ3v) is 7.50. The van der Waals surface area contributed by atoms with Gasteiger partial charge >= 0.3 is 0 Å². The van der Waals surface area contributed by atoms with Crippen LogP contribution in [0.15, 0.2) is 101 Å². The molecule has 1 N–H and O–H groups in total. The maximum Gasteiger partial charge on any atom is 0.253 e. The molecule has 0 fully saturated rings. The molecule has 6 aromatic rings. The lowest BCUT2D eigenvalue weighted by atomic mass is 10.0. The summed E-state index contributed by atoms with van der Waals surface area (Å²) >= 11 is 6.65. The van der Waals surface area contributed by atoms with Gasteiger partial charge in [-0.15, -0.1) is 5.10 Å². The van der Waals surface area contributed by atoms with Crippen LogP contribution < -0.4 is 5.56 Å². The predicted octanol–water partition coefficient (Wildman–Crippen LogP) is 5.56. The molecule has 2 aromatic carbocycles. The smallest absolute Gasteiger partial charge is 0.253 e. The summed E-state index contributed by atoms with van der Waals surface area (Å²) in [5, 5.41) is 14.4. The molecule has 0 unspecified atom stereocenters. The summed E-state index contributed by atoms with van der Waals surface area (Å²) in [4.78, 5) is 23.4. The number of nitrogens with zero attached hydrogens (tertiary/aromatic N) is 6. The molecule has 0 aliphatic rings. The second-order valence-electron chi connectivity index (χ2n) is 9.86. The Labute approximate surface area is 241 Å². The molecule has 10 heteroatoms. The quantitative estimate of drug-likeness (QED) is 0.232. The minimum Gasteiger partial charge on any atom is -0.467 e. The lowest BCUT2D eigenvalue weighted by molar-refractivity contribution is 0.193. The van der Waals surface area contributed by atoms with Crippen molar-refractivity contribution >= 4 is 22.5 Å². The zero-order chi connectivity index (χ0) is 28.2. The molecular weight excluding hydrogens is 538 g/mol. The van der Waals surface area contributed by atoms with Crippen molar-refractivity contribution in [3.63, 3.8) is 0 Å². The van der Waals surface area contributed by atoms with Gasteiger partial charge in [0.15, 0.2) is 5.82 Å². The van der Waals surface area contributed by atoms with Crippen LogP contribution in [0, 0.1) is 0 Å². The van der Waals surface area contributed by atoms with Gasteiger partial charge in [0.05, 0.1) is 6.26 Å². The van der Waals surface area contributed by atoms with Crippen molar-refractivity contribution in [2.24, 2.45) is 0 Å². The molecular formula is C31H28ClN7O2. The molecule has 0 bridgehead atoms. The monoisotopic (exact) mass is 565 g/mol. The van der Waals surface area contributed by atoms with Gasteiger partial charge in [0.1, 0.15) is 18.3 Å². The fourth-order valence-corrected chi connectivity index (χ4v) is 5.27. The van der Waals surface area contributed by atoms with Crippen molar-refractivity contribution < 1.29 is 4.42 Å². The van der Waals surface area contributed by atoms with Gasteiger partial charge in [-0.1, -0.05) is 48.9 Å². The first-order valence-electron chi connectivity index (χ1n) is 13.4. The summed E-state index contributed by atoms with van der Waals surface area (Å²) in [5.41, 5.74) is 4.15. The molecule has 6 rings (SSSR count). The number of H-pyrrole nitrogens is 1. The van der Waals surface area contributed by atoms with Gasteiger partial charge in [-0.2, -0.15) is 0 Å². The molecule has 0 aliphatic heterocycles.